The number of pyridine rings is 2. The maximum Gasteiger partial charge on any atom is 0.414 e. The minimum Gasteiger partial charge on any atom is -0.503 e. The number of rotatable bonds is 8. The molecule has 1 amide bonds. The Labute approximate surface area is 178 Å². The van der Waals surface area contributed by atoms with E-state index >= 15 is 0 Å². The molecule has 0 bridgehead atoms. The highest BCUT2D eigenvalue weighted by Crippen LogP contribution is 2.30. The van der Waals surface area contributed by atoms with Crippen molar-refractivity contribution in [3.8, 4) is 11.6 Å². The van der Waals surface area contributed by atoms with E-state index in [0.29, 0.717) is 6.54 Å². The van der Waals surface area contributed by atoms with Gasteiger partial charge in [0.2, 0.25) is 0 Å². The molecule has 1 aromatic carbocycles. The van der Waals surface area contributed by atoms with Crippen molar-refractivity contribution in [1.82, 2.24) is 20.2 Å². The van der Waals surface area contributed by atoms with Crippen LogP contribution in [0.15, 0.2) is 53.6 Å². The number of hydrogen-bond donors (Lipinski definition) is 3. The molecule has 0 fully saturated rings. The van der Waals surface area contributed by atoms with Crippen LogP contribution in [-0.2, 0) is 16.4 Å². The number of nitrogens with zero attached hydrogens (tertiary/aromatic N) is 2. The first-order chi connectivity index (χ1) is 14.7. The molecule has 3 aromatic rings. The van der Waals surface area contributed by atoms with Crippen molar-refractivity contribution in [3.05, 3.63) is 64.7 Å². The highest BCUT2D eigenvalue weighted by Gasteiger charge is 2.16. The lowest BCUT2D eigenvalue weighted by molar-refractivity contribution is 0.196. The summed E-state index contributed by atoms with van der Waals surface area (Å²) in [7, 11) is -3.15. The molecule has 0 spiro atoms. The second kappa shape index (κ2) is 9.58. The van der Waals surface area contributed by atoms with Crippen molar-refractivity contribution in [2.75, 3.05) is 25.2 Å². The molecule has 11 heteroatoms. The van der Waals surface area contributed by atoms with Crippen molar-refractivity contribution < 1.29 is 23.1 Å². The summed E-state index contributed by atoms with van der Waals surface area (Å²) in [5.41, 5.74) is 0.612. The van der Waals surface area contributed by atoms with Crippen LogP contribution in [-0.4, -0.2) is 54.4 Å². The van der Waals surface area contributed by atoms with Crippen molar-refractivity contribution >= 4 is 26.7 Å². The van der Waals surface area contributed by atoms with Crippen LogP contribution in [0, 0.1) is 0 Å². The minimum atomic E-state index is -3.15. The molecule has 3 N–H and O–H groups in total. The Hall–Kier alpha value is -3.44. The first kappa shape index (κ1) is 22.2. The Balaban J connectivity index is 1.67. The quantitative estimate of drug-likeness (QED) is 0.432. The number of carbonyl (C=O) groups is 1. The number of aromatic hydroxyl groups is 1. The van der Waals surface area contributed by atoms with E-state index in [0.717, 1.165) is 11.8 Å². The third-order valence-corrected chi connectivity index (χ3v) is 5.02. The van der Waals surface area contributed by atoms with Gasteiger partial charge >= 0.3 is 6.09 Å². The van der Waals surface area contributed by atoms with Gasteiger partial charge in [-0.1, -0.05) is 30.3 Å². The number of fused-ring (bicyclic) bond motifs is 1. The van der Waals surface area contributed by atoms with Gasteiger partial charge in [-0.05, 0) is 11.6 Å². The first-order valence-corrected chi connectivity index (χ1v) is 11.4. The number of hydrogen-bond acceptors (Lipinski definition) is 8. The molecule has 0 radical (unpaired) electrons. The maximum absolute atomic E-state index is 12.7. The fraction of sp³-hybridized carbons (Fsp3) is 0.250. The fourth-order valence-corrected chi connectivity index (χ4v) is 3.35. The van der Waals surface area contributed by atoms with Gasteiger partial charge in [0.15, 0.2) is 15.6 Å². The second-order valence-electron chi connectivity index (χ2n) is 6.86. The largest absolute Gasteiger partial charge is 0.503 e. The van der Waals surface area contributed by atoms with E-state index in [2.05, 4.69) is 15.6 Å². The summed E-state index contributed by atoms with van der Waals surface area (Å²) in [6.07, 6.45) is 3.01. The zero-order chi connectivity index (χ0) is 22.4. The predicted molar refractivity (Wildman–Crippen MR) is 115 cm³/mol. The molecule has 10 nitrogen and oxygen atoms in total. The van der Waals surface area contributed by atoms with Gasteiger partial charge in [0.25, 0.3) is 11.4 Å². The lowest BCUT2D eigenvalue weighted by atomic mass is 10.2. The van der Waals surface area contributed by atoms with Crippen LogP contribution in [0.25, 0.3) is 10.8 Å². The van der Waals surface area contributed by atoms with E-state index in [-0.39, 0.29) is 41.2 Å². The van der Waals surface area contributed by atoms with E-state index in [1.54, 1.807) is 12.3 Å². The molecular formula is C20H22N4O6S. The number of nitrogens with one attached hydrogen (secondary N) is 2. The normalized spacial score (nSPS) is 11.4. The zero-order valence-electron chi connectivity index (χ0n) is 16.7. The molecule has 164 valence electrons. The maximum atomic E-state index is 12.7. The zero-order valence-corrected chi connectivity index (χ0v) is 17.6. The van der Waals surface area contributed by atoms with Crippen LogP contribution in [0.3, 0.4) is 0 Å². The molecule has 0 unspecified atom stereocenters. The SMILES string of the molecule is CS(=O)(=O)CNCCNC(=O)Oc1ncc2c(=O)n(Cc3ccccc3)ccc2c1O. The Morgan fingerprint density at radius 1 is 1.16 bits per heavy atom. The monoisotopic (exact) mass is 446 g/mol. The van der Waals surface area contributed by atoms with E-state index in [4.69, 9.17) is 4.74 Å². The van der Waals surface area contributed by atoms with E-state index in [1.807, 2.05) is 30.3 Å². The Kier molecular flexibility index (Phi) is 6.88. The van der Waals surface area contributed by atoms with Crippen molar-refractivity contribution in [3.63, 3.8) is 0 Å². The fourth-order valence-electron chi connectivity index (χ4n) is 2.84. The van der Waals surface area contributed by atoms with Gasteiger partial charge in [-0.15, -0.1) is 0 Å². The second-order valence-corrected chi connectivity index (χ2v) is 9.00. The molecule has 31 heavy (non-hydrogen) atoms. The van der Waals surface area contributed by atoms with Crippen LogP contribution in [0.2, 0.25) is 0 Å². The van der Waals surface area contributed by atoms with Gasteiger partial charge in [-0.3, -0.25) is 4.79 Å². The third kappa shape index (κ3) is 6.03. The number of ether oxygens (including phenoxy) is 1. The lowest BCUT2D eigenvalue weighted by Gasteiger charge is -2.11. The van der Waals surface area contributed by atoms with Gasteiger partial charge in [-0.25, -0.2) is 18.2 Å². The average molecular weight is 446 g/mol. The highest BCUT2D eigenvalue weighted by atomic mass is 32.2. The molecule has 0 aliphatic carbocycles. The van der Waals surface area contributed by atoms with Crippen LogP contribution >= 0.6 is 0 Å². The molecule has 2 heterocycles. The van der Waals surface area contributed by atoms with Gasteiger partial charge in [0, 0.05) is 37.1 Å². The first-order valence-electron chi connectivity index (χ1n) is 9.34. The van der Waals surface area contributed by atoms with Crippen LogP contribution in [0.4, 0.5) is 4.79 Å². The Bertz CT molecular complexity index is 1240. The summed E-state index contributed by atoms with van der Waals surface area (Å²) in [5, 5.41) is 15.9. The Morgan fingerprint density at radius 3 is 2.61 bits per heavy atom. The molecule has 0 aliphatic rings. The van der Waals surface area contributed by atoms with Gasteiger partial charge in [0.1, 0.15) is 0 Å². The van der Waals surface area contributed by atoms with Crippen LogP contribution in [0.5, 0.6) is 11.6 Å². The summed E-state index contributed by atoms with van der Waals surface area (Å²) in [6, 6.07) is 11.0. The Morgan fingerprint density at radius 2 is 1.90 bits per heavy atom. The number of benzene rings is 1. The van der Waals surface area contributed by atoms with Gasteiger partial charge < -0.3 is 25.0 Å². The molecule has 0 atom stereocenters. The van der Waals surface area contributed by atoms with Crippen LogP contribution in [0.1, 0.15) is 5.56 Å². The number of aromatic nitrogens is 2. The van der Waals surface area contributed by atoms with Crippen molar-refractivity contribution in [2.24, 2.45) is 0 Å². The van der Waals surface area contributed by atoms with Crippen LogP contribution < -0.4 is 20.9 Å². The summed E-state index contributed by atoms with van der Waals surface area (Å²) in [6.45, 7) is 0.678. The minimum absolute atomic E-state index is 0.104. The molecule has 3 rings (SSSR count). The topological polar surface area (TPSA) is 140 Å². The average Bonchev–Trinajstić information content (AvgIpc) is 2.72. The molecule has 2 aromatic heterocycles. The van der Waals surface area contributed by atoms with Crippen molar-refractivity contribution in [1.29, 1.82) is 0 Å². The van der Waals surface area contributed by atoms with Gasteiger partial charge in [-0.2, -0.15) is 0 Å². The molecule has 0 aliphatic heterocycles. The smallest absolute Gasteiger partial charge is 0.414 e. The highest BCUT2D eigenvalue weighted by molar-refractivity contribution is 7.90. The van der Waals surface area contributed by atoms with Crippen molar-refractivity contribution in [2.45, 2.75) is 6.54 Å². The standard InChI is InChI=1S/C20H22N4O6S/c1-31(28,29)13-21-8-9-22-20(27)30-18-17(25)15-7-10-24(19(26)16(15)11-23-18)12-14-5-3-2-4-6-14/h2-7,10-11,21,25H,8-9,12-13H2,1H3,(H,22,27). The van der Waals surface area contributed by atoms with E-state index < -0.39 is 21.7 Å². The molecule has 0 saturated carbocycles. The number of amides is 1. The van der Waals surface area contributed by atoms with Gasteiger partial charge in [0.05, 0.1) is 17.8 Å². The molecular weight excluding hydrogens is 424 g/mol. The lowest BCUT2D eigenvalue weighted by Crippen LogP contribution is -2.35. The van der Waals surface area contributed by atoms with E-state index in [1.165, 1.54) is 10.8 Å². The van der Waals surface area contributed by atoms with E-state index in [9.17, 15) is 23.1 Å². The number of carbonyl (C=O) groups excluding carboxylic acids is 1. The predicted octanol–water partition coefficient (Wildman–Crippen LogP) is 0.831. The summed E-state index contributed by atoms with van der Waals surface area (Å²) in [4.78, 5) is 28.5. The molecule has 0 saturated heterocycles. The summed E-state index contributed by atoms with van der Waals surface area (Å²) >= 11 is 0. The summed E-state index contributed by atoms with van der Waals surface area (Å²) < 4.78 is 28.5. The number of sulfone groups is 1. The summed E-state index contributed by atoms with van der Waals surface area (Å²) in [5.74, 6) is -0.973. The third-order valence-electron chi connectivity index (χ3n) is 4.29.